The van der Waals surface area contributed by atoms with Gasteiger partial charge in [-0.05, 0) is 42.6 Å². The van der Waals surface area contributed by atoms with Gasteiger partial charge in [-0.1, -0.05) is 26.8 Å². The average Bonchev–Trinajstić information content (AvgIpc) is 2.37. The number of nitrogens with one attached hydrogen (secondary N) is 1. The molecule has 2 heterocycles. The van der Waals surface area contributed by atoms with Crippen LogP contribution in [0.1, 0.15) is 38.4 Å². The molecule has 0 aromatic carbocycles. The van der Waals surface area contributed by atoms with Crippen LogP contribution >= 0.6 is 0 Å². The van der Waals surface area contributed by atoms with Gasteiger partial charge in [0, 0.05) is 25.3 Å². The second kappa shape index (κ2) is 5.86. The minimum Gasteiger partial charge on any atom is -0.416 e. The molecule has 0 saturated carbocycles. The van der Waals surface area contributed by atoms with Gasteiger partial charge in [0.15, 0.2) is 8.32 Å². The lowest BCUT2D eigenvalue weighted by Gasteiger charge is -2.36. The van der Waals surface area contributed by atoms with Gasteiger partial charge in [0.2, 0.25) is 0 Å². The molecule has 0 unspecified atom stereocenters. The largest absolute Gasteiger partial charge is 0.416 e. The first kappa shape index (κ1) is 15.5. The fourth-order valence-electron chi connectivity index (χ4n) is 2.14. The summed E-state index contributed by atoms with van der Waals surface area (Å²) in [6.45, 7) is 13.3. The monoisotopic (exact) mass is 292 g/mol. The Bertz CT molecular complexity index is 466. The Kier molecular flexibility index (Phi) is 4.54. The van der Waals surface area contributed by atoms with Gasteiger partial charge in [0.05, 0.1) is 0 Å². The maximum absolute atomic E-state index is 6.22. The lowest BCUT2D eigenvalue weighted by molar-refractivity contribution is 0.291. The molecule has 1 N–H and O–H groups in total. The van der Waals surface area contributed by atoms with Crippen LogP contribution in [0.2, 0.25) is 18.1 Å². The molecule has 0 amide bonds. The van der Waals surface area contributed by atoms with Gasteiger partial charge in [-0.2, -0.15) is 0 Å². The van der Waals surface area contributed by atoms with Gasteiger partial charge in [0.25, 0.3) is 0 Å². The van der Waals surface area contributed by atoms with Crippen molar-refractivity contribution in [2.75, 3.05) is 18.5 Å². The van der Waals surface area contributed by atoms with Crippen LogP contribution < -0.4 is 5.32 Å². The molecule has 0 aliphatic carbocycles. The molecule has 0 fully saturated rings. The van der Waals surface area contributed by atoms with Gasteiger partial charge in [-0.15, -0.1) is 0 Å². The lowest BCUT2D eigenvalue weighted by atomic mass is 10.1. The van der Waals surface area contributed by atoms with Crippen molar-refractivity contribution in [2.24, 2.45) is 0 Å². The molecular formula is C16H28N2OSi. The summed E-state index contributed by atoms with van der Waals surface area (Å²) in [4.78, 5) is 4.72. The summed E-state index contributed by atoms with van der Waals surface area (Å²) in [5.74, 6) is 1.08. The van der Waals surface area contributed by atoms with Crippen LogP contribution in [0, 0.1) is 0 Å². The van der Waals surface area contributed by atoms with Gasteiger partial charge < -0.3 is 9.74 Å². The number of pyridine rings is 1. The lowest BCUT2D eigenvalue weighted by Crippen LogP contribution is -2.41. The van der Waals surface area contributed by atoms with E-state index < -0.39 is 8.32 Å². The molecule has 1 aliphatic heterocycles. The smallest absolute Gasteiger partial charge is 0.191 e. The van der Waals surface area contributed by atoms with E-state index in [-0.39, 0.29) is 5.04 Å². The van der Waals surface area contributed by atoms with E-state index in [9.17, 15) is 0 Å². The van der Waals surface area contributed by atoms with Crippen LogP contribution in [0.4, 0.5) is 5.82 Å². The van der Waals surface area contributed by atoms with Gasteiger partial charge >= 0.3 is 0 Å². The number of anilines is 1. The molecule has 2 rings (SSSR count). The van der Waals surface area contributed by atoms with Crippen molar-refractivity contribution in [3.8, 4) is 0 Å². The first-order valence-corrected chi connectivity index (χ1v) is 10.6. The predicted molar refractivity (Wildman–Crippen MR) is 87.9 cm³/mol. The van der Waals surface area contributed by atoms with Crippen LogP contribution in [0.5, 0.6) is 0 Å². The number of hydrogen-bond donors (Lipinski definition) is 1. The van der Waals surface area contributed by atoms with Gasteiger partial charge in [0.1, 0.15) is 5.82 Å². The van der Waals surface area contributed by atoms with E-state index in [0.717, 1.165) is 37.5 Å². The number of fused-ring (bicyclic) bond motifs is 1. The molecule has 1 aromatic rings. The standard InChI is InChI=1S/C16H28N2OSi/c1-16(2,3)20(4,5)19-12-10-14-9-8-13-7-6-11-17-15(13)18-14/h8-9H,6-7,10-12H2,1-5H3,(H,17,18). The quantitative estimate of drug-likeness (QED) is 0.852. The van der Waals surface area contributed by atoms with Crippen molar-refractivity contribution in [3.05, 3.63) is 23.4 Å². The van der Waals surface area contributed by atoms with Crippen molar-refractivity contribution in [2.45, 2.75) is 58.2 Å². The Balaban J connectivity index is 1.92. The third kappa shape index (κ3) is 3.61. The summed E-state index contributed by atoms with van der Waals surface area (Å²) >= 11 is 0. The van der Waals surface area contributed by atoms with Crippen LogP contribution in [0.25, 0.3) is 0 Å². The number of rotatable bonds is 4. The summed E-state index contributed by atoms with van der Waals surface area (Å²) in [6, 6.07) is 4.37. The summed E-state index contributed by atoms with van der Waals surface area (Å²) in [7, 11) is -1.63. The number of nitrogens with zero attached hydrogens (tertiary/aromatic N) is 1. The summed E-state index contributed by atoms with van der Waals surface area (Å²) < 4.78 is 6.22. The molecule has 1 aromatic heterocycles. The van der Waals surface area contributed by atoms with E-state index >= 15 is 0 Å². The first-order chi connectivity index (χ1) is 9.29. The van der Waals surface area contributed by atoms with E-state index in [2.05, 4.69) is 51.3 Å². The van der Waals surface area contributed by atoms with Gasteiger partial charge in [-0.25, -0.2) is 4.98 Å². The molecule has 0 radical (unpaired) electrons. The molecule has 0 saturated heterocycles. The molecule has 3 nitrogen and oxygen atoms in total. The highest BCUT2D eigenvalue weighted by molar-refractivity contribution is 6.74. The number of hydrogen-bond acceptors (Lipinski definition) is 3. The average molecular weight is 292 g/mol. The Morgan fingerprint density at radius 2 is 2.05 bits per heavy atom. The van der Waals surface area contributed by atoms with Crippen molar-refractivity contribution in [3.63, 3.8) is 0 Å². The van der Waals surface area contributed by atoms with Crippen LogP contribution in [0.15, 0.2) is 12.1 Å². The molecule has 0 atom stereocenters. The van der Waals surface area contributed by atoms with Crippen molar-refractivity contribution >= 4 is 14.1 Å². The van der Waals surface area contributed by atoms with Crippen LogP contribution in [0.3, 0.4) is 0 Å². The van der Waals surface area contributed by atoms with Crippen LogP contribution in [-0.2, 0) is 17.3 Å². The summed E-state index contributed by atoms with van der Waals surface area (Å²) in [6.07, 6.45) is 3.26. The molecule has 0 spiro atoms. The maximum atomic E-state index is 6.22. The highest BCUT2D eigenvalue weighted by Gasteiger charge is 2.36. The molecule has 4 heteroatoms. The highest BCUT2D eigenvalue weighted by Crippen LogP contribution is 2.36. The second-order valence-corrected chi connectivity index (χ2v) is 12.0. The maximum Gasteiger partial charge on any atom is 0.191 e. The first-order valence-electron chi connectivity index (χ1n) is 7.66. The fraction of sp³-hybridized carbons (Fsp3) is 0.688. The number of aromatic nitrogens is 1. The summed E-state index contributed by atoms with van der Waals surface area (Å²) in [5.41, 5.74) is 2.49. The van der Waals surface area contributed by atoms with Gasteiger partial charge in [-0.3, -0.25) is 0 Å². The Morgan fingerprint density at radius 1 is 1.30 bits per heavy atom. The van der Waals surface area contributed by atoms with E-state index in [1.807, 2.05) is 0 Å². The Hall–Kier alpha value is -0.873. The topological polar surface area (TPSA) is 34.1 Å². The zero-order chi connectivity index (χ0) is 14.8. The van der Waals surface area contributed by atoms with Crippen molar-refractivity contribution in [1.82, 2.24) is 4.98 Å². The van der Waals surface area contributed by atoms with E-state index in [4.69, 9.17) is 9.41 Å². The minimum atomic E-state index is -1.63. The van der Waals surface area contributed by atoms with E-state index in [0.29, 0.717) is 0 Å². The molecule has 20 heavy (non-hydrogen) atoms. The molecule has 0 bridgehead atoms. The van der Waals surface area contributed by atoms with E-state index in [1.54, 1.807) is 0 Å². The zero-order valence-corrected chi connectivity index (χ0v) is 14.5. The third-order valence-corrected chi connectivity index (χ3v) is 9.12. The SMILES string of the molecule is CC(C)(C)[Si](C)(C)OCCc1ccc2c(n1)NCCC2. The molecular weight excluding hydrogens is 264 g/mol. The zero-order valence-electron chi connectivity index (χ0n) is 13.5. The fourth-order valence-corrected chi connectivity index (χ4v) is 3.18. The van der Waals surface area contributed by atoms with E-state index in [1.165, 1.54) is 12.0 Å². The Morgan fingerprint density at radius 3 is 2.75 bits per heavy atom. The second-order valence-electron chi connectivity index (χ2n) is 7.20. The highest BCUT2D eigenvalue weighted by atomic mass is 28.4. The van der Waals surface area contributed by atoms with Crippen LogP contribution in [-0.4, -0.2) is 26.5 Å². The van der Waals surface area contributed by atoms with Crippen molar-refractivity contribution < 1.29 is 4.43 Å². The molecule has 1 aliphatic rings. The third-order valence-electron chi connectivity index (χ3n) is 4.58. The Labute approximate surface area is 124 Å². The predicted octanol–water partition coefficient (Wildman–Crippen LogP) is 4.00. The molecule has 112 valence electrons. The minimum absolute atomic E-state index is 0.276. The number of aryl methyl sites for hydroxylation is 1. The van der Waals surface area contributed by atoms with Crippen molar-refractivity contribution in [1.29, 1.82) is 0 Å². The normalized spacial score (nSPS) is 15.7. The summed E-state index contributed by atoms with van der Waals surface area (Å²) in [5, 5.41) is 3.67.